The van der Waals surface area contributed by atoms with Crippen LogP contribution in [0.15, 0.2) is 51.0 Å². The van der Waals surface area contributed by atoms with Gasteiger partial charge < -0.3 is 4.42 Å². The van der Waals surface area contributed by atoms with E-state index in [1.807, 2.05) is 32.0 Å². The zero-order valence-electron chi connectivity index (χ0n) is 14.7. The number of anilines is 1. The second-order valence-corrected chi connectivity index (χ2v) is 6.82. The lowest BCUT2D eigenvalue weighted by atomic mass is 10.1. The molecule has 1 aromatic carbocycles. The number of amides is 1. The van der Waals surface area contributed by atoms with Gasteiger partial charge in [0.25, 0.3) is 5.91 Å². The van der Waals surface area contributed by atoms with Crippen molar-refractivity contribution in [2.75, 3.05) is 5.32 Å². The van der Waals surface area contributed by atoms with Crippen LogP contribution in [0.3, 0.4) is 0 Å². The number of aromatic nitrogens is 3. The fraction of sp³-hybridized carbons (Fsp3) is 0.158. The maximum absolute atomic E-state index is 12.5. The summed E-state index contributed by atoms with van der Waals surface area (Å²) >= 11 is 1.25. The molecule has 0 aliphatic heterocycles. The molecule has 0 aliphatic carbocycles. The molecule has 0 bridgehead atoms. The maximum atomic E-state index is 12.5. The molecule has 0 atom stereocenters. The number of aryl methyl sites for hydroxylation is 2. The van der Waals surface area contributed by atoms with E-state index in [4.69, 9.17) is 4.42 Å². The molecule has 4 aromatic rings. The van der Waals surface area contributed by atoms with Crippen LogP contribution in [0.5, 0.6) is 0 Å². The predicted molar refractivity (Wildman–Crippen MR) is 104 cm³/mol. The first-order valence-electron chi connectivity index (χ1n) is 8.39. The minimum absolute atomic E-state index is 0.288. The molecular weight excluding hydrogens is 364 g/mol. The summed E-state index contributed by atoms with van der Waals surface area (Å²) in [4.78, 5) is 29.2. The lowest BCUT2D eigenvalue weighted by molar-refractivity contribution is 0.101. The normalized spacial score (nSPS) is 11.0. The van der Waals surface area contributed by atoms with E-state index in [0.717, 1.165) is 11.1 Å². The summed E-state index contributed by atoms with van der Waals surface area (Å²) in [5.41, 5.74) is 2.14. The lowest BCUT2D eigenvalue weighted by Gasteiger charge is -2.03. The minimum atomic E-state index is -0.462. The van der Waals surface area contributed by atoms with Gasteiger partial charge in [0.1, 0.15) is 11.3 Å². The van der Waals surface area contributed by atoms with Crippen molar-refractivity contribution >= 4 is 33.3 Å². The maximum Gasteiger partial charge on any atom is 0.345 e. The van der Waals surface area contributed by atoms with E-state index in [0.29, 0.717) is 34.2 Å². The van der Waals surface area contributed by atoms with E-state index >= 15 is 0 Å². The van der Waals surface area contributed by atoms with E-state index in [1.165, 1.54) is 11.3 Å². The highest BCUT2D eigenvalue weighted by molar-refractivity contribution is 7.14. The van der Waals surface area contributed by atoms with Crippen LogP contribution in [0, 0.1) is 6.92 Å². The van der Waals surface area contributed by atoms with Crippen LogP contribution >= 0.6 is 11.3 Å². The van der Waals surface area contributed by atoms with E-state index in [1.54, 1.807) is 28.3 Å². The number of benzene rings is 1. The Bertz CT molecular complexity index is 1210. The number of hydrogen-bond donors (Lipinski definition) is 1. The molecule has 0 radical (unpaired) electrons. The van der Waals surface area contributed by atoms with Crippen molar-refractivity contribution < 1.29 is 9.21 Å². The highest BCUT2D eigenvalue weighted by atomic mass is 32.1. The van der Waals surface area contributed by atoms with Crippen molar-refractivity contribution in [3.05, 3.63) is 63.6 Å². The van der Waals surface area contributed by atoms with Crippen LogP contribution in [0.2, 0.25) is 0 Å². The van der Waals surface area contributed by atoms with Crippen LogP contribution in [-0.2, 0) is 6.54 Å². The largest absolute Gasteiger partial charge is 0.422 e. The number of fused-ring (bicyclic) bond motifs is 1. The van der Waals surface area contributed by atoms with E-state index in [-0.39, 0.29) is 5.91 Å². The molecule has 0 fully saturated rings. The molecule has 136 valence electrons. The van der Waals surface area contributed by atoms with Crippen molar-refractivity contribution in [3.63, 3.8) is 0 Å². The topological polar surface area (TPSA) is 90.0 Å². The first-order valence-corrected chi connectivity index (χ1v) is 9.27. The van der Waals surface area contributed by atoms with Gasteiger partial charge in [0.15, 0.2) is 5.13 Å². The number of carbonyl (C=O) groups excluding carboxylic acids is 1. The molecule has 0 aliphatic rings. The molecule has 8 heteroatoms. The Hall–Kier alpha value is -3.26. The lowest BCUT2D eigenvalue weighted by Crippen LogP contribution is -2.17. The first kappa shape index (κ1) is 17.2. The van der Waals surface area contributed by atoms with E-state index in [2.05, 4.69) is 15.4 Å². The quantitative estimate of drug-likeness (QED) is 0.545. The molecule has 27 heavy (non-hydrogen) atoms. The van der Waals surface area contributed by atoms with Crippen LogP contribution in [0.4, 0.5) is 5.13 Å². The minimum Gasteiger partial charge on any atom is -0.422 e. The van der Waals surface area contributed by atoms with Crippen molar-refractivity contribution in [3.8, 4) is 11.3 Å². The molecule has 1 N–H and O–H groups in total. The molecule has 0 saturated heterocycles. The molecule has 3 aromatic heterocycles. The highest BCUT2D eigenvalue weighted by Gasteiger charge is 2.16. The van der Waals surface area contributed by atoms with Crippen molar-refractivity contribution in [1.29, 1.82) is 0 Å². The Balaban J connectivity index is 1.63. The van der Waals surface area contributed by atoms with Crippen LogP contribution in [0.25, 0.3) is 22.2 Å². The smallest absolute Gasteiger partial charge is 0.345 e. The Labute approximate surface area is 158 Å². The van der Waals surface area contributed by atoms with Crippen LogP contribution in [-0.4, -0.2) is 20.7 Å². The third-order valence-electron chi connectivity index (χ3n) is 4.08. The van der Waals surface area contributed by atoms with Gasteiger partial charge in [-0.25, -0.2) is 9.78 Å². The van der Waals surface area contributed by atoms with Gasteiger partial charge in [-0.2, -0.15) is 5.10 Å². The molecule has 0 saturated carbocycles. The van der Waals surface area contributed by atoms with E-state index < -0.39 is 5.63 Å². The van der Waals surface area contributed by atoms with Crippen molar-refractivity contribution in [2.24, 2.45) is 0 Å². The molecular formula is C19H16N4O3S. The molecule has 3 heterocycles. The van der Waals surface area contributed by atoms with Gasteiger partial charge >= 0.3 is 5.63 Å². The number of carbonyl (C=O) groups is 1. The first-order chi connectivity index (χ1) is 13.0. The number of thiazole rings is 1. The van der Waals surface area contributed by atoms with Gasteiger partial charge in [-0.3, -0.25) is 14.8 Å². The highest BCUT2D eigenvalue weighted by Crippen LogP contribution is 2.25. The van der Waals surface area contributed by atoms with Gasteiger partial charge in [0.05, 0.1) is 17.0 Å². The van der Waals surface area contributed by atoms with Gasteiger partial charge in [-0.1, -0.05) is 18.2 Å². The fourth-order valence-electron chi connectivity index (χ4n) is 2.83. The van der Waals surface area contributed by atoms with Crippen molar-refractivity contribution in [1.82, 2.24) is 14.8 Å². The van der Waals surface area contributed by atoms with Gasteiger partial charge in [-0.05, 0) is 32.0 Å². The van der Waals surface area contributed by atoms with Gasteiger partial charge in [0, 0.05) is 17.3 Å². The molecule has 0 spiro atoms. The average Bonchev–Trinajstić information content (AvgIpc) is 3.27. The number of rotatable bonds is 4. The summed E-state index contributed by atoms with van der Waals surface area (Å²) in [6.45, 7) is 4.35. The number of nitrogens with zero attached hydrogens (tertiary/aromatic N) is 3. The van der Waals surface area contributed by atoms with Gasteiger partial charge in [-0.15, -0.1) is 11.3 Å². The Morgan fingerprint density at radius 2 is 2.11 bits per heavy atom. The molecule has 0 unspecified atom stereocenters. The average molecular weight is 380 g/mol. The standard InChI is InChI=1S/C19H16N4O3S/c1-3-23-15(8-11(2)22-23)17(24)21-19-20-14(10-27-19)13-9-12-6-4-5-7-16(12)26-18(13)25/h4-10H,3H2,1-2H3,(H,20,21,24). The summed E-state index contributed by atoms with van der Waals surface area (Å²) in [6.07, 6.45) is 0. The summed E-state index contributed by atoms with van der Waals surface area (Å²) in [7, 11) is 0. The van der Waals surface area contributed by atoms with Gasteiger partial charge in [0.2, 0.25) is 0 Å². The Morgan fingerprint density at radius 3 is 2.93 bits per heavy atom. The second kappa shape index (κ2) is 6.81. The van der Waals surface area contributed by atoms with Crippen LogP contribution < -0.4 is 10.9 Å². The van der Waals surface area contributed by atoms with E-state index in [9.17, 15) is 9.59 Å². The summed E-state index contributed by atoms with van der Waals surface area (Å²) in [5, 5.41) is 9.98. The molecule has 1 amide bonds. The summed E-state index contributed by atoms with van der Waals surface area (Å²) in [5.74, 6) is -0.288. The number of hydrogen-bond acceptors (Lipinski definition) is 6. The molecule has 4 rings (SSSR count). The zero-order chi connectivity index (χ0) is 19.0. The van der Waals surface area contributed by atoms with Crippen LogP contribution in [0.1, 0.15) is 23.1 Å². The summed E-state index contributed by atoms with van der Waals surface area (Å²) < 4.78 is 6.99. The Morgan fingerprint density at radius 1 is 1.30 bits per heavy atom. The Kier molecular flexibility index (Phi) is 4.33. The molecule has 7 nitrogen and oxygen atoms in total. The third kappa shape index (κ3) is 3.26. The fourth-order valence-corrected chi connectivity index (χ4v) is 3.53. The monoisotopic (exact) mass is 380 g/mol. The second-order valence-electron chi connectivity index (χ2n) is 5.96. The SMILES string of the molecule is CCn1nc(C)cc1C(=O)Nc1nc(-c2cc3ccccc3oc2=O)cs1. The zero-order valence-corrected chi connectivity index (χ0v) is 15.5. The number of nitrogens with one attached hydrogen (secondary N) is 1. The summed E-state index contributed by atoms with van der Waals surface area (Å²) in [6, 6.07) is 10.8. The predicted octanol–water partition coefficient (Wildman–Crippen LogP) is 3.69. The third-order valence-corrected chi connectivity index (χ3v) is 4.83. The number of para-hydroxylation sites is 1. The van der Waals surface area contributed by atoms with Crippen molar-refractivity contribution in [2.45, 2.75) is 20.4 Å².